The Labute approximate surface area is 101 Å². The van der Waals surface area contributed by atoms with Gasteiger partial charge in [0.05, 0.1) is 7.11 Å². The van der Waals surface area contributed by atoms with E-state index in [2.05, 4.69) is 18.0 Å². The first-order chi connectivity index (χ1) is 8.19. The number of Topliss-reactive ketones (excluding diaryl/α,β-unsaturated/α-hetero) is 1. The van der Waals surface area contributed by atoms with Crippen LogP contribution in [0.3, 0.4) is 0 Å². The van der Waals surface area contributed by atoms with E-state index in [4.69, 9.17) is 4.74 Å². The van der Waals surface area contributed by atoms with E-state index in [-0.39, 0.29) is 5.78 Å². The molecule has 0 saturated carbocycles. The predicted molar refractivity (Wildman–Crippen MR) is 65.7 cm³/mol. The Kier molecular flexibility index (Phi) is 2.44. The van der Waals surface area contributed by atoms with Gasteiger partial charge in [-0.15, -0.1) is 0 Å². The Morgan fingerprint density at radius 3 is 2.94 bits per heavy atom. The lowest BCUT2D eigenvalue weighted by molar-refractivity contribution is 0.0946. The summed E-state index contributed by atoms with van der Waals surface area (Å²) in [6.45, 7) is 2.11. The monoisotopic (exact) mass is 231 g/mol. The molecule has 2 atom stereocenters. The molecular weight excluding hydrogens is 214 g/mol. The van der Waals surface area contributed by atoms with Crippen LogP contribution < -0.4 is 4.74 Å². The molecular formula is C14H17NO2. The molecule has 90 valence electrons. The van der Waals surface area contributed by atoms with Crippen LogP contribution in [0.5, 0.6) is 5.75 Å². The molecule has 1 fully saturated rings. The van der Waals surface area contributed by atoms with Gasteiger partial charge in [-0.1, -0.05) is 6.07 Å². The molecule has 0 spiro atoms. The molecule has 17 heavy (non-hydrogen) atoms. The molecule has 1 aromatic carbocycles. The molecule has 2 aliphatic rings. The molecule has 1 saturated heterocycles. The zero-order valence-electron chi connectivity index (χ0n) is 10.3. The summed E-state index contributed by atoms with van der Waals surface area (Å²) in [4.78, 5) is 14.5. The summed E-state index contributed by atoms with van der Waals surface area (Å²) in [6.07, 6.45) is 0.690. The van der Waals surface area contributed by atoms with Gasteiger partial charge in [-0.05, 0) is 30.7 Å². The maximum absolute atomic E-state index is 12.1. The van der Waals surface area contributed by atoms with E-state index in [1.165, 1.54) is 5.56 Å². The molecule has 3 rings (SSSR count). The molecule has 0 N–H and O–H groups in total. The maximum Gasteiger partial charge on any atom is 0.163 e. The molecule has 0 bridgehead atoms. The molecule has 3 nitrogen and oxygen atoms in total. The minimum absolute atomic E-state index is 0.274. The lowest BCUT2D eigenvalue weighted by Gasteiger charge is -2.26. The second kappa shape index (κ2) is 3.84. The van der Waals surface area contributed by atoms with E-state index in [1.807, 2.05) is 12.1 Å². The van der Waals surface area contributed by atoms with Gasteiger partial charge in [0, 0.05) is 31.0 Å². The summed E-state index contributed by atoms with van der Waals surface area (Å²) < 4.78 is 5.20. The SMILES string of the molecule is COc1ccc2c(c1)C(=O)C[C@@H]1CN(C)C[C@H]21. The average Bonchev–Trinajstić information content (AvgIpc) is 2.69. The fourth-order valence-electron chi connectivity index (χ4n) is 3.22. The van der Waals surface area contributed by atoms with Crippen LogP contribution in [0.2, 0.25) is 0 Å². The third-order valence-corrected chi connectivity index (χ3v) is 4.03. The topological polar surface area (TPSA) is 29.5 Å². The van der Waals surface area contributed by atoms with Crippen LogP contribution in [0, 0.1) is 5.92 Å². The van der Waals surface area contributed by atoms with Crippen molar-refractivity contribution in [3.8, 4) is 5.75 Å². The van der Waals surface area contributed by atoms with Gasteiger partial charge in [0.15, 0.2) is 5.78 Å². The molecule has 1 aromatic rings. The van der Waals surface area contributed by atoms with Crippen molar-refractivity contribution in [2.75, 3.05) is 27.2 Å². The standard InChI is InChI=1S/C14H17NO2/c1-15-7-9-5-14(16)12-6-10(17-2)3-4-11(12)13(9)8-15/h3-4,6,9,13H,5,7-8H2,1-2H3/t9-,13+/m1/s1. The maximum atomic E-state index is 12.1. The predicted octanol–water partition coefficient (Wildman–Crippen LogP) is 1.93. The number of methoxy groups -OCH3 is 1. The fourth-order valence-corrected chi connectivity index (χ4v) is 3.22. The summed E-state index contributed by atoms with van der Waals surface area (Å²) in [5.41, 5.74) is 2.09. The number of likely N-dealkylation sites (tertiary alicyclic amines) is 1. The van der Waals surface area contributed by atoms with Crippen molar-refractivity contribution >= 4 is 5.78 Å². The van der Waals surface area contributed by atoms with E-state index in [0.717, 1.165) is 24.4 Å². The van der Waals surface area contributed by atoms with Crippen LogP contribution in [0.15, 0.2) is 18.2 Å². The van der Waals surface area contributed by atoms with Crippen molar-refractivity contribution in [2.24, 2.45) is 5.92 Å². The zero-order chi connectivity index (χ0) is 12.0. The fraction of sp³-hybridized carbons (Fsp3) is 0.500. The van der Waals surface area contributed by atoms with Crippen molar-refractivity contribution in [3.05, 3.63) is 29.3 Å². The van der Waals surface area contributed by atoms with E-state index in [1.54, 1.807) is 7.11 Å². The third-order valence-electron chi connectivity index (χ3n) is 4.03. The minimum Gasteiger partial charge on any atom is -0.497 e. The van der Waals surface area contributed by atoms with Gasteiger partial charge in [0.1, 0.15) is 5.75 Å². The highest BCUT2D eigenvalue weighted by atomic mass is 16.5. The van der Waals surface area contributed by atoms with Gasteiger partial charge in [-0.2, -0.15) is 0 Å². The first-order valence-corrected chi connectivity index (χ1v) is 6.08. The van der Waals surface area contributed by atoms with Crippen molar-refractivity contribution in [3.63, 3.8) is 0 Å². The summed E-state index contributed by atoms with van der Waals surface area (Å²) in [6, 6.07) is 5.93. The van der Waals surface area contributed by atoms with Gasteiger partial charge >= 0.3 is 0 Å². The normalized spacial score (nSPS) is 27.8. The van der Waals surface area contributed by atoms with Gasteiger partial charge < -0.3 is 9.64 Å². The number of ether oxygens (including phenoxy) is 1. The summed E-state index contributed by atoms with van der Waals surface area (Å²) in [5, 5.41) is 0. The largest absolute Gasteiger partial charge is 0.497 e. The highest BCUT2D eigenvalue weighted by Crippen LogP contribution is 2.41. The summed E-state index contributed by atoms with van der Waals surface area (Å²) >= 11 is 0. The lowest BCUT2D eigenvalue weighted by Crippen LogP contribution is -2.23. The van der Waals surface area contributed by atoms with Crippen LogP contribution in [-0.4, -0.2) is 37.9 Å². The highest BCUT2D eigenvalue weighted by Gasteiger charge is 2.39. The second-order valence-corrected chi connectivity index (χ2v) is 5.17. The number of ketones is 1. The van der Waals surface area contributed by atoms with Gasteiger partial charge in [-0.3, -0.25) is 4.79 Å². The number of benzene rings is 1. The van der Waals surface area contributed by atoms with E-state index in [9.17, 15) is 4.79 Å². The molecule has 3 heteroatoms. The molecule has 0 amide bonds. The number of hydrogen-bond donors (Lipinski definition) is 0. The molecule has 1 aliphatic heterocycles. The number of carbonyl (C=O) groups is 1. The molecule has 1 aliphatic carbocycles. The first-order valence-electron chi connectivity index (χ1n) is 6.08. The van der Waals surface area contributed by atoms with E-state index < -0.39 is 0 Å². The van der Waals surface area contributed by atoms with Gasteiger partial charge in [0.25, 0.3) is 0 Å². The average molecular weight is 231 g/mol. The Morgan fingerprint density at radius 1 is 1.35 bits per heavy atom. The van der Waals surface area contributed by atoms with E-state index in [0.29, 0.717) is 18.3 Å². The van der Waals surface area contributed by atoms with Crippen LogP contribution in [0.1, 0.15) is 28.3 Å². The van der Waals surface area contributed by atoms with Crippen LogP contribution in [0.4, 0.5) is 0 Å². The Balaban J connectivity index is 2.06. The summed E-state index contributed by atoms with van der Waals surface area (Å²) in [7, 11) is 3.77. The zero-order valence-corrected chi connectivity index (χ0v) is 10.3. The van der Waals surface area contributed by atoms with Crippen molar-refractivity contribution in [1.82, 2.24) is 4.90 Å². The number of nitrogens with zero attached hydrogens (tertiary/aromatic N) is 1. The molecule has 0 unspecified atom stereocenters. The van der Waals surface area contributed by atoms with Crippen LogP contribution in [-0.2, 0) is 0 Å². The third kappa shape index (κ3) is 1.65. The van der Waals surface area contributed by atoms with E-state index >= 15 is 0 Å². The van der Waals surface area contributed by atoms with Crippen LogP contribution >= 0.6 is 0 Å². The smallest absolute Gasteiger partial charge is 0.163 e. The molecule has 1 heterocycles. The van der Waals surface area contributed by atoms with Crippen molar-refractivity contribution in [1.29, 1.82) is 0 Å². The van der Waals surface area contributed by atoms with Gasteiger partial charge in [0.2, 0.25) is 0 Å². The number of carbonyl (C=O) groups excluding carboxylic acids is 1. The number of fused-ring (bicyclic) bond motifs is 3. The van der Waals surface area contributed by atoms with Gasteiger partial charge in [-0.25, -0.2) is 0 Å². The molecule has 0 aromatic heterocycles. The second-order valence-electron chi connectivity index (χ2n) is 5.17. The quantitative estimate of drug-likeness (QED) is 0.739. The van der Waals surface area contributed by atoms with Crippen molar-refractivity contribution < 1.29 is 9.53 Å². The highest BCUT2D eigenvalue weighted by molar-refractivity contribution is 5.99. The molecule has 0 radical (unpaired) electrons. The first kappa shape index (κ1) is 10.8. The number of hydrogen-bond acceptors (Lipinski definition) is 3. The lowest BCUT2D eigenvalue weighted by atomic mass is 9.76. The summed E-state index contributed by atoms with van der Waals surface area (Å²) in [5.74, 6) is 2.09. The van der Waals surface area contributed by atoms with Crippen LogP contribution in [0.25, 0.3) is 0 Å². The number of rotatable bonds is 1. The Hall–Kier alpha value is -1.35. The number of likely N-dealkylation sites (N-methyl/N-ethyl adjacent to an activating group) is 1. The van der Waals surface area contributed by atoms with Crippen molar-refractivity contribution in [2.45, 2.75) is 12.3 Å². The minimum atomic E-state index is 0.274. The Bertz CT molecular complexity index is 469. The Morgan fingerprint density at radius 2 is 2.18 bits per heavy atom.